The van der Waals surface area contributed by atoms with Crippen LogP contribution >= 0.6 is 22.7 Å². The first kappa shape index (κ1) is 18.2. The number of nitrogens with zero attached hydrogens (tertiary/aromatic N) is 4. The first-order chi connectivity index (χ1) is 13.2. The van der Waals surface area contributed by atoms with Gasteiger partial charge in [0.15, 0.2) is 0 Å². The molecule has 2 atom stereocenters. The molecule has 6 nitrogen and oxygen atoms in total. The molecular weight excluding hydrogens is 378 g/mol. The van der Waals surface area contributed by atoms with Crippen molar-refractivity contribution in [3.63, 3.8) is 0 Å². The third kappa shape index (κ3) is 4.75. The molecular formula is C19H21N5OS2. The second-order valence-corrected chi connectivity index (χ2v) is 9.21. The number of nitrogens with two attached hydrogens (primary N) is 1. The van der Waals surface area contributed by atoms with Crippen molar-refractivity contribution >= 4 is 33.6 Å². The Labute approximate surface area is 165 Å². The lowest BCUT2D eigenvalue weighted by atomic mass is 10.0. The first-order valence-electron chi connectivity index (χ1n) is 9.11. The van der Waals surface area contributed by atoms with Crippen LogP contribution in [0.3, 0.4) is 0 Å². The Morgan fingerprint density at radius 3 is 2.59 bits per heavy atom. The zero-order valence-electron chi connectivity index (χ0n) is 14.9. The molecule has 1 fully saturated rings. The van der Waals surface area contributed by atoms with Crippen LogP contribution in [0.2, 0.25) is 0 Å². The molecule has 1 aromatic carbocycles. The number of anilines is 1. The quantitative estimate of drug-likeness (QED) is 0.654. The summed E-state index contributed by atoms with van der Waals surface area (Å²) in [5.74, 6) is 1.22. The average Bonchev–Trinajstić information content (AvgIpc) is 3.38. The molecule has 1 saturated carbocycles. The lowest BCUT2D eigenvalue weighted by molar-refractivity contribution is -0.117. The molecule has 1 aliphatic rings. The molecule has 140 valence electrons. The van der Waals surface area contributed by atoms with Gasteiger partial charge in [0.25, 0.3) is 0 Å². The van der Waals surface area contributed by atoms with Crippen LogP contribution in [0.1, 0.15) is 45.8 Å². The molecule has 0 saturated heterocycles. The van der Waals surface area contributed by atoms with E-state index in [1.54, 1.807) is 11.3 Å². The number of ketones is 1. The Bertz CT molecular complexity index is 908. The number of aromatic nitrogens is 4. The van der Waals surface area contributed by atoms with Crippen molar-refractivity contribution < 1.29 is 4.79 Å². The molecule has 3 aromatic rings. The van der Waals surface area contributed by atoms with Gasteiger partial charge in [0.2, 0.25) is 5.13 Å². The Kier molecular flexibility index (Phi) is 5.54. The molecule has 0 aliphatic heterocycles. The molecule has 4 rings (SSSR count). The Morgan fingerprint density at radius 1 is 1.00 bits per heavy atom. The molecule has 0 spiro atoms. The lowest BCUT2D eigenvalue weighted by Gasteiger charge is -2.06. The number of benzene rings is 1. The van der Waals surface area contributed by atoms with Crippen LogP contribution in [0.5, 0.6) is 0 Å². The van der Waals surface area contributed by atoms with Crippen molar-refractivity contribution in [1.29, 1.82) is 0 Å². The Hall–Kier alpha value is -2.19. The van der Waals surface area contributed by atoms with Crippen LogP contribution in [0.25, 0.3) is 0 Å². The van der Waals surface area contributed by atoms with E-state index in [0.717, 1.165) is 46.3 Å². The summed E-state index contributed by atoms with van der Waals surface area (Å²) < 4.78 is 0. The fourth-order valence-corrected chi connectivity index (χ4v) is 5.38. The van der Waals surface area contributed by atoms with Crippen molar-refractivity contribution in [2.24, 2.45) is 5.92 Å². The van der Waals surface area contributed by atoms with Gasteiger partial charge in [-0.1, -0.05) is 41.7 Å². The standard InChI is InChI=1S/C19H21N5OS2/c20-19-24-22-16(27-19)10-13-6-7-14(8-13)18-23-21-17(26-18)11-15(25)9-12-4-2-1-3-5-12/h1-5,13-14H,6-11H2,(H2,20,24)/t13-,14+/m0/s1. The van der Waals surface area contributed by atoms with Crippen LogP contribution in [0, 0.1) is 5.92 Å². The number of hydrogen-bond acceptors (Lipinski definition) is 8. The lowest BCUT2D eigenvalue weighted by Crippen LogP contribution is -2.06. The number of rotatable bonds is 7. The van der Waals surface area contributed by atoms with Crippen LogP contribution in [-0.4, -0.2) is 26.2 Å². The van der Waals surface area contributed by atoms with Crippen molar-refractivity contribution in [3.8, 4) is 0 Å². The summed E-state index contributed by atoms with van der Waals surface area (Å²) in [7, 11) is 0. The van der Waals surface area contributed by atoms with Gasteiger partial charge < -0.3 is 5.73 Å². The first-order valence-corrected chi connectivity index (χ1v) is 10.7. The van der Waals surface area contributed by atoms with Crippen molar-refractivity contribution in [2.45, 2.75) is 44.4 Å². The predicted octanol–water partition coefficient (Wildman–Crippen LogP) is 3.45. The highest BCUT2D eigenvalue weighted by Crippen LogP contribution is 2.41. The van der Waals surface area contributed by atoms with Gasteiger partial charge in [-0.3, -0.25) is 4.79 Å². The number of nitrogen functional groups attached to an aromatic ring is 1. The highest BCUT2D eigenvalue weighted by atomic mass is 32.1. The van der Waals surface area contributed by atoms with E-state index in [9.17, 15) is 4.79 Å². The van der Waals surface area contributed by atoms with Gasteiger partial charge in [-0.2, -0.15) is 0 Å². The van der Waals surface area contributed by atoms with Gasteiger partial charge in [0, 0.05) is 18.8 Å². The molecule has 27 heavy (non-hydrogen) atoms. The third-order valence-electron chi connectivity index (χ3n) is 4.91. The molecule has 1 aliphatic carbocycles. The minimum Gasteiger partial charge on any atom is -0.374 e. The van der Waals surface area contributed by atoms with E-state index in [-0.39, 0.29) is 5.78 Å². The summed E-state index contributed by atoms with van der Waals surface area (Å²) >= 11 is 3.07. The van der Waals surface area contributed by atoms with Gasteiger partial charge >= 0.3 is 0 Å². The van der Waals surface area contributed by atoms with Gasteiger partial charge in [-0.25, -0.2) is 0 Å². The molecule has 0 unspecified atom stereocenters. The zero-order valence-corrected chi connectivity index (χ0v) is 16.5. The van der Waals surface area contributed by atoms with E-state index in [0.29, 0.717) is 29.8 Å². The minimum absolute atomic E-state index is 0.182. The van der Waals surface area contributed by atoms with Gasteiger partial charge in [0.1, 0.15) is 20.8 Å². The Morgan fingerprint density at radius 2 is 1.81 bits per heavy atom. The van der Waals surface area contributed by atoms with E-state index in [4.69, 9.17) is 5.73 Å². The van der Waals surface area contributed by atoms with E-state index in [2.05, 4.69) is 20.4 Å². The van der Waals surface area contributed by atoms with E-state index in [1.807, 2.05) is 30.3 Å². The number of carbonyl (C=O) groups is 1. The number of Topliss-reactive ketones (excluding diaryl/α,β-unsaturated/α-hetero) is 1. The maximum atomic E-state index is 12.3. The van der Waals surface area contributed by atoms with Gasteiger partial charge in [-0.05, 0) is 30.7 Å². The maximum absolute atomic E-state index is 12.3. The molecule has 2 heterocycles. The normalized spacial score (nSPS) is 19.4. The zero-order chi connectivity index (χ0) is 18.6. The SMILES string of the molecule is Nc1nnc(C[C@H]2CC[C@@H](c3nnc(CC(=O)Cc4ccccc4)s3)C2)s1. The van der Waals surface area contributed by atoms with E-state index < -0.39 is 0 Å². The fraction of sp³-hybridized carbons (Fsp3) is 0.421. The monoisotopic (exact) mass is 399 g/mol. The number of carbonyl (C=O) groups excluding carboxylic acids is 1. The predicted molar refractivity (Wildman–Crippen MR) is 107 cm³/mol. The molecule has 2 N–H and O–H groups in total. The van der Waals surface area contributed by atoms with Crippen molar-refractivity contribution in [2.75, 3.05) is 5.73 Å². The summed E-state index contributed by atoms with van der Waals surface area (Å²) in [4.78, 5) is 12.3. The smallest absolute Gasteiger partial charge is 0.203 e. The molecule has 0 bridgehead atoms. The topological polar surface area (TPSA) is 94.7 Å². The fourth-order valence-electron chi connectivity index (χ4n) is 3.64. The molecule has 0 amide bonds. The maximum Gasteiger partial charge on any atom is 0.203 e. The van der Waals surface area contributed by atoms with Crippen LogP contribution in [-0.2, 0) is 24.1 Å². The summed E-state index contributed by atoms with van der Waals surface area (Å²) in [6.45, 7) is 0. The van der Waals surface area contributed by atoms with Crippen LogP contribution < -0.4 is 5.73 Å². The van der Waals surface area contributed by atoms with Gasteiger partial charge in [0.05, 0.1) is 6.42 Å². The molecule has 0 radical (unpaired) electrons. The average molecular weight is 400 g/mol. The van der Waals surface area contributed by atoms with E-state index >= 15 is 0 Å². The molecule has 8 heteroatoms. The van der Waals surface area contributed by atoms with Crippen LogP contribution in [0.15, 0.2) is 30.3 Å². The van der Waals surface area contributed by atoms with Crippen molar-refractivity contribution in [3.05, 3.63) is 50.9 Å². The van der Waals surface area contributed by atoms with Crippen LogP contribution in [0.4, 0.5) is 5.13 Å². The second-order valence-electron chi connectivity index (χ2n) is 7.03. The second kappa shape index (κ2) is 8.22. The summed E-state index contributed by atoms with van der Waals surface area (Å²) in [6.07, 6.45) is 5.12. The Balaban J connectivity index is 1.31. The summed E-state index contributed by atoms with van der Waals surface area (Å²) in [5.41, 5.74) is 6.71. The molecule has 2 aromatic heterocycles. The summed E-state index contributed by atoms with van der Waals surface area (Å²) in [5, 5.41) is 20.1. The minimum atomic E-state index is 0.182. The highest BCUT2D eigenvalue weighted by Gasteiger charge is 2.29. The van der Waals surface area contributed by atoms with Gasteiger partial charge in [-0.15, -0.1) is 31.7 Å². The highest BCUT2D eigenvalue weighted by molar-refractivity contribution is 7.15. The largest absolute Gasteiger partial charge is 0.374 e. The third-order valence-corrected chi connectivity index (χ3v) is 6.77. The van der Waals surface area contributed by atoms with Crippen molar-refractivity contribution in [1.82, 2.24) is 20.4 Å². The number of hydrogen-bond donors (Lipinski definition) is 1. The van der Waals surface area contributed by atoms with E-state index in [1.165, 1.54) is 11.3 Å². The summed E-state index contributed by atoms with van der Waals surface area (Å²) in [6, 6.07) is 9.83.